The Morgan fingerprint density at radius 3 is 2.57 bits per heavy atom. The first-order chi connectivity index (χ1) is 14.4. The van der Waals surface area contributed by atoms with Crippen LogP contribution in [-0.4, -0.2) is 52.5 Å². The second-order valence-corrected chi connectivity index (χ2v) is 8.71. The second kappa shape index (κ2) is 8.19. The predicted octanol–water partition coefficient (Wildman–Crippen LogP) is 2.11. The molecule has 1 aliphatic heterocycles. The number of hydrogen-bond donors (Lipinski definition) is 1. The minimum Gasteiger partial charge on any atom is -0.339 e. The van der Waals surface area contributed by atoms with E-state index < -0.39 is 16.1 Å². The number of nitrogens with zero attached hydrogens (tertiary/aromatic N) is 5. The molecule has 1 fully saturated rings. The molecule has 0 saturated carbocycles. The van der Waals surface area contributed by atoms with Gasteiger partial charge in [-0.15, -0.1) is 0 Å². The number of aryl methyl sites for hydroxylation is 1. The summed E-state index contributed by atoms with van der Waals surface area (Å²) in [4.78, 5) is 26.5. The summed E-state index contributed by atoms with van der Waals surface area (Å²) >= 11 is 0. The van der Waals surface area contributed by atoms with Crippen LogP contribution in [0, 0.1) is 6.92 Å². The van der Waals surface area contributed by atoms with E-state index in [4.69, 9.17) is 4.52 Å². The Hall–Kier alpha value is -3.34. The minimum atomic E-state index is -3.91. The summed E-state index contributed by atoms with van der Waals surface area (Å²) in [6.07, 6.45) is 5.83. The molecule has 0 aliphatic carbocycles. The summed E-state index contributed by atoms with van der Waals surface area (Å²) in [7, 11) is -3.91. The van der Waals surface area contributed by atoms with Crippen molar-refractivity contribution in [3.05, 3.63) is 54.3 Å². The quantitative estimate of drug-likeness (QED) is 0.668. The van der Waals surface area contributed by atoms with Crippen LogP contribution < -0.4 is 4.72 Å². The Kier molecular flexibility index (Phi) is 5.44. The van der Waals surface area contributed by atoms with Gasteiger partial charge in [-0.25, -0.2) is 22.9 Å². The Balaban J connectivity index is 1.36. The van der Waals surface area contributed by atoms with Crippen LogP contribution in [0.25, 0.3) is 11.5 Å². The van der Waals surface area contributed by atoms with Crippen molar-refractivity contribution in [1.82, 2.24) is 29.7 Å². The van der Waals surface area contributed by atoms with E-state index in [0.717, 1.165) is 5.56 Å². The number of likely N-dealkylation sites (tertiary alicyclic amines) is 1. The van der Waals surface area contributed by atoms with Gasteiger partial charge in [0.05, 0.1) is 11.1 Å². The largest absolute Gasteiger partial charge is 0.339 e. The fourth-order valence-corrected chi connectivity index (χ4v) is 4.18. The van der Waals surface area contributed by atoms with Gasteiger partial charge in [-0.2, -0.15) is 4.98 Å². The van der Waals surface area contributed by atoms with Gasteiger partial charge in [-0.1, -0.05) is 22.9 Å². The highest BCUT2D eigenvalue weighted by Gasteiger charge is 2.29. The third-order valence-corrected chi connectivity index (χ3v) is 6.25. The SMILES string of the molecule is Cc1ccc(S(=O)(=O)NC(=O)N2CCC(c3nc(-c4cnccn4)no3)CC2)cc1. The molecule has 0 atom stereocenters. The number of carbonyl (C=O) groups is 1. The van der Waals surface area contributed by atoms with Crippen LogP contribution >= 0.6 is 0 Å². The van der Waals surface area contributed by atoms with E-state index >= 15 is 0 Å². The van der Waals surface area contributed by atoms with Gasteiger partial charge in [-0.05, 0) is 31.9 Å². The molecule has 4 rings (SSSR count). The standard InChI is InChI=1S/C19H20N6O4S/c1-13-2-4-15(5-3-13)30(27,28)24-19(26)25-10-6-14(7-11-25)18-22-17(23-29-18)16-12-20-8-9-21-16/h2-5,8-9,12,14H,6-7,10-11H2,1H3,(H,24,26). The number of hydrogen-bond acceptors (Lipinski definition) is 8. The van der Waals surface area contributed by atoms with Crippen molar-refractivity contribution in [3.8, 4) is 11.5 Å². The van der Waals surface area contributed by atoms with Gasteiger partial charge in [0, 0.05) is 31.4 Å². The number of piperidine rings is 1. The summed E-state index contributed by atoms with van der Waals surface area (Å²) < 4.78 is 32.3. The fraction of sp³-hybridized carbons (Fsp3) is 0.316. The molecule has 0 bridgehead atoms. The second-order valence-electron chi connectivity index (χ2n) is 7.03. The Morgan fingerprint density at radius 2 is 1.90 bits per heavy atom. The third kappa shape index (κ3) is 4.30. The van der Waals surface area contributed by atoms with E-state index in [9.17, 15) is 13.2 Å². The fourth-order valence-electron chi connectivity index (χ4n) is 3.20. The average Bonchev–Trinajstić information content (AvgIpc) is 3.25. The monoisotopic (exact) mass is 428 g/mol. The van der Waals surface area contributed by atoms with Crippen LogP contribution in [0.4, 0.5) is 4.79 Å². The maximum absolute atomic E-state index is 12.5. The number of amides is 2. The van der Waals surface area contributed by atoms with E-state index in [2.05, 4.69) is 24.8 Å². The van der Waals surface area contributed by atoms with Gasteiger partial charge in [0.1, 0.15) is 5.69 Å². The smallest absolute Gasteiger partial charge is 0.331 e. The maximum Gasteiger partial charge on any atom is 0.331 e. The maximum atomic E-state index is 12.5. The molecular formula is C19H20N6O4S. The van der Waals surface area contributed by atoms with Crippen molar-refractivity contribution in [2.45, 2.75) is 30.6 Å². The molecule has 10 nitrogen and oxygen atoms in total. The molecule has 1 aliphatic rings. The Morgan fingerprint density at radius 1 is 1.17 bits per heavy atom. The van der Waals surface area contributed by atoms with Gasteiger partial charge in [0.15, 0.2) is 0 Å². The minimum absolute atomic E-state index is 0.0133. The van der Waals surface area contributed by atoms with Crippen molar-refractivity contribution in [2.24, 2.45) is 0 Å². The average molecular weight is 428 g/mol. The molecule has 1 aromatic carbocycles. The van der Waals surface area contributed by atoms with Crippen molar-refractivity contribution < 1.29 is 17.7 Å². The summed E-state index contributed by atoms with van der Waals surface area (Å²) in [5.74, 6) is 0.825. The van der Waals surface area contributed by atoms with Crippen molar-refractivity contribution in [3.63, 3.8) is 0 Å². The number of rotatable bonds is 4. The molecule has 0 unspecified atom stereocenters. The highest BCUT2D eigenvalue weighted by molar-refractivity contribution is 7.90. The summed E-state index contributed by atoms with van der Waals surface area (Å²) in [6.45, 7) is 2.62. The van der Waals surface area contributed by atoms with Gasteiger partial charge in [0.2, 0.25) is 11.7 Å². The van der Waals surface area contributed by atoms with Crippen molar-refractivity contribution in [2.75, 3.05) is 13.1 Å². The lowest BCUT2D eigenvalue weighted by atomic mass is 9.97. The normalized spacial score (nSPS) is 15.2. The van der Waals surface area contributed by atoms with Gasteiger partial charge in [-0.3, -0.25) is 4.98 Å². The first-order valence-corrected chi connectivity index (χ1v) is 10.9. The van der Waals surface area contributed by atoms with Crippen LogP contribution in [0.3, 0.4) is 0 Å². The Labute approximate surface area is 173 Å². The molecule has 11 heteroatoms. The summed E-state index contributed by atoms with van der Waals surface area (Å²) in [6, 6.07) is 5.68. The molecular weight excluding hydrogens is 408 g/mol. The van der Waals surface area contributed by atoms with Crippen LogP contribution in [0.15, 0.2) is 52.3 Å². The lowest BCUT2D eigenvalue weighted by Crippen LogP contribution is -2.46. The van der Waals surface area contributed by atoms with E-state index in [0.29, 0.717) is 43.3 Å². The molecule has 156 valence electrons. The third-order valence-electron chi connectivity index (χ3n) is 4.92. The number of benzene rings is 1. The number of carbonyl (C=O) groups excluding carboxylic acids is 1. The van der Waals surface area contributed by atoms with Crippen molar-refractivity contribution in [1.29, 1.82) is 0 Å². The molecule has 2 amide bonds. The molecule has 0 spiro atoms. The number of aromatic nitrogens is 4. The van der Waals surface area contributed by atoms with Crippen LogP contribution in [0.1, 0.15) is 30.2 Å². The van der Waals surface area contributed by atoms with E-state index in [1.165, 1.54) is 17.0 Å². The zero-order chi connectivity index (χ0) is 21.1. The van der Waals surface area contributed by atoms with Gasteiger partial charge in [0.25, 0.3) is 10.0 Å². The molecule has 1 saturated heterocycles. The lowest BCUT2D eigenvalue weighted by Gasteiger charge is -2.30. The molecule has 3 aromatic rings. The lowest BCUT2D eigenvalue weighted by molar-refractivity contribution is 0.180. The summed E-state index contributed by atoms with van der Waals surface area (Å²) in [5, 5.41) is 3.94. The molecule has 3 heterocycles. The first-order valence-electron chi connectivity index (χ1n) is 9.41. The van der Waals surface area contributed by atoms with E-state index in [-0.39, 0.29) is 10.8 Å². The van der Waals surface area contributed by atoms with E-state index in [1.54, 1.807) is 30.7 Å². The van der Waals surface area contributed by atoms with E-state index in [1.807, 2.05) is 6.92 Å². The predicted molar refractivity (Wildman–Crippen MR) is 106 cm³/mol. The first kappa shape index (κ1) is 20.0. The highest BCUT2D eigenvalue weighted by Crippen LogP contribution is 2.28. The Bertz CT molecular complexity index is 1120. The van der Waals surface area contributed by atoms with Crippen molar-refractivity contribution >= 4 is 16.1 Å². The number of nitrogens with one attached hydrogen (secondary N) is 1. The molecule has 2 aromatic heterocycles. The highest BCUT2D eigenvalue weighted by atomic mass is 32.2. The van der Waals surface area contributed by atoms with Crippen LogP contribution in [0.5, 0.6) is 0 Å². The van der Waals surface area contributed by atoms with Gasteiger partial charge < -0.3 is 9.42 Å². The number of urea groups is 1. The van der Waals surface area contributed by atoms with Crippen LogP contribution in [0.2, 0.25) is 0 Å². The molecule has 0 radical (unpaired) electrons. The van der Waals surface area contributed by atoms with Crippen LogP contribution in [-0.2, 0) is 10.0 Å². The zero-order valence-electron chi connectivity index (χ0n) is 16.2. The molecule has 1 N–H and O–H groups in total. The zero-order valence-corrected chi connectivity index (χ0v) is 17.0. The molecule has 30 heavy (non-hydrogen) atoms. The van der Waals surface area contributed by atoms with Gasteiger partial charge >= 0.3 is 6.03 Å². The topological polar surface area (TPSA) is 131 Å². The summed E-state index contributed by atoms with van der Waals surface area (Å²) in [5.41, 5.74) is 1.46. The number of sulfonamides is 1.